The van der Waals surface area contributed by atoms with Crippen molar-refractivity contribution in [3.8, 4) is 0 Å². The van der Waals surface area contributed by atoms with Gasteiger partial charge in [-0.3, -0.25) is 9.59 Å². The second-order valence-corrected chi connectivity index (χ2v) is 13.7. The lowest BCUT2D eigenvalue weighted by atomic mass is 9.70. The van der Waals surface area contributed by atoms with Gasteiger partial charge in [0.15, 0.2) is 6.29 Å². The lowest BCUT2D eigenvalue weighted by molar-refractivity contribution is -0.299. The highest BCUT2D eigenvalue weighted by Gasteiger charge is 2.50. The summed E-state index contributed by atoms with van der Waals surface area (Å²) in [5.41, 5.74) is -3.13. The molecule has 246 valence electrons. The average Bonchev–Trinajstić information content (AvgIpc) is 2.91. The number of cyclic esters (lactones) is 1. The van der Waals surface area contributed by atoms with Gasteiger partial charge in [-0.25, -0.2) is 0 Å². The van der Waals surface area contributed by atoms with Gasteiger partial charge in [0.05, 0.1) is 42.0 Å². The zero-order valence-electron chi connectivity index (χ0n) is 27.4. The number of nitrogens with zero attached hydrogens (tertiary/aromatic N) is 1. The first-order valence-corrected chi connectivity index (χ1v) is 15.4. The van der Waals surface area contributed by atoms with Crippen LogP contribution >= 0.6 is 0 Å². The van der Waals surface area contributed by atoms with Gasteiger partial charge in [0.2, 0.25) is 5.91 Å². The van der Waals surface area contributed by atoms with Crippen molar-refractivity contribution in [1.82, 2.24) is 4.90 Å². The summed E-state index contributed by atoms with van der Waals surface area (Å²) in [6.45, 7) is 16.7. The van der Waals surface area contributed by atoms with Gasteiger partial charge in [-0.05, 0) is 64.7 Å². The van der Waals surface area contributed by atoms with Crippen molar-refractivity contribution >= 4 is 11.9 Å². The molecule has 0 saturated carbocycles. The third-order valence-corrected chi connectivity index (χ3v) is 10.2. The monoisotopic (exact) mass is 603 g/mol. The zero-order chi connectivity index (χ0) is 32.5. The van der Waals surface area contributed by atoms with E-state index in [1.54, 1.807) is 48.6 Å². The molecule has 7 unspecified atom stereocenters. The Morgan fingerprint density at radius 1 is 1.00 bits per heavy atom. The zero-order valence-corrected chi connectivity index (χ0v) is 27.4. The summed E-state index contributed by atoms with van der Waals surface area (Å²) >= 11 is 0. The Morgan fingerprint density at radius 3 is 2.10 bits per heavy atom. The number of esters is 1. The molecular formula is C31H57NO10. The van der Waals surface area contributed by atoms with Crippen molar-refractivity contribution in [2.75, 3.05) is 7.05 Å². The molecule has 0 bridgehead atoms. The molecular weight excluding hydrogens is 546 g/mol. The smallest absolute Gasteiger partial charge is 0.311 e. The first-order valence-electron chi connectivity index (χ1n) is 15.4. The molecule has 15 atom stereocenters. The van der Waals surface area contributed by atoms with E-state index in [-0.39, 0.29) is 18.4 Å². The SMILES string of the molecule is CCC1OC(=O)C(C)C(O)C(C)[C@@H](OC2OC(C)C[C@H](N(C)C(C)=O)[C@H]2O)C(C)(O)C[C@@H](C)[C@H](O)[C@H](C)[C@@H](C)[C@]1(C)O. The fourth-order valence-corrected chi connectivity index (χ4v) is 6.91. The number of ether oxygens (including phenoxy) is 3. The molecule has 2 aliphatic heterocycles. The number of amides is 1. The minimum absolute atomic E-state index is 0.0419. The van der Waals surface area contributed by atoms with Crippen molar-refractivity contribution < 1.29 is 49.3 Å². The normalized spacial score (nSPS) is 48.2. The molecule has 2 saturated heterocycles. The molecule has 2 rings (SSSR count). The highest BCUT2D eigenvalue weighted by molar-refractivity contribution is 5.73. The number of aliphatic hydroxyl groups excluding tert-OH is 3. The third-order valence-electron chi connectivity index (χ3n) is 10.2. The van der Waals surface area contributed by atoms with Crippen molar-refractivity contribution in [3.63, 3.8) is 0 Å². The van der Waals surface area contributed by atoms with Crippen LogP contribution in [-0.2, 0) is 23.8 Å². The Balaban J connectivity index is 2.55. The van der Waals surface area contributed by atoms with Gasteiger partial charge in [0, 0.05) is 19.9 Å². The molecule has 2 aliphatic rings. The first-order chi connectivity index (χ1) is 19.2. The molecule has 2 fully saturated rings. The molecule has 0 aromatic carbocycles. The number of carbonyl (C=O) groups excluding carboxylic acids is 2. The van der Waals surface area contributed by atoms with Crippen molar-refractivity contribution in [2.24, 2.45) is 29.6 Å². The van der Waals surface area contributed by atoms with Crippen molar-refractivity contribution in [3.05, 3.63) is 0 Å². The van der Waals surface area contributed by atoms with E-state index in [1.165, 1.54) is 25.7 Å². The van der Waals surface area contributed by atoms with E-state index in [9.17, 15) is 35.1 Å². The van der Waals surface area contributed by atoms with Gasteiger partial charge in [-0.2, -0.15) is 0 Å². The quantitative estimate of drug-likeness (QED) is 0.299. The first kappa shape index (κ1) is 36.8. The fraction of sp³-hybridized carbons (Fsp3) is 0.935. The van der Waals surface area contributed by atoms with Crippen LogP contribution in [0.5, 0.6) is 0 Å². The summed E-state index contributed by atoms with van der Waals surface area (Å²) in [4.78, 5) is 26.8. The van der Waals surface area contributed by atoms with Gasteiger partial charge in [-0.15, -0.1) is 0 Å². The molecule has 0 aromatic rings. The van der Waals surface area contributed by atoms with Crippen LogP contribution < -0.4 is 0 Å². The number of likely N-dealkylation sites (N-methyl/N-ethyl adjacent to an activating group) is 1. The van der Waals surface area contributed by atoms with Crippen LogP contribution in [-0.4, -0.2) is 110 Å². The number of rotatable bonds is 4. The van der Waals surface area contributed by atoms with Crippen molar-refractivity contribution in [1.29, 1.82) is 0 Å². The van der Waals surface area contributed by atoms with E-state index >= 15 is 0 Å². The summed E-state index contributed by atoms with van der Waals surface area (Å²) in [6, 6.07) is -0.601. The third kappa shape index (κ3) is 7.83. The van der Waals surface area contributed by atoms with E-state index in [4.69, 9.17) is 14.2 Å². The maximum absolute atomic E-state index is 13.3. The molecule has 11 heteroatoms. The van der Waals surface area contributed by atoms with Gasteiger partial charge in [0.25, 0.3) is 0 Å². The molecule has 0 spiro atoms. The highest BCUT2D eigenvalue weighted by atomic mass is 16.7. The van der Waals surface area contributed by atoms with Gasteiger partial charge >= 0.3 is 5.97 Å². The lowest BCUT2D eigenvalue weighted by Gasteiger charge is -2.48. The minimum atomic E-state index is -1.67. The average molecular weight is 604 g/mol. The van der Waals surface area contributed by atoms with Gasteiger partial charge in [-0.1, -0.05) is 34.6 Å². The second-order valence-electron chi connectivity index (χ2n) is 13.7. The largest absolute Gasteiger partial charge is 0.459 e. The van der Waals surface area contributed by atoms with Crippen LogP contribution in [0.15, 0.2) is 0 Å². The van der Waals surface area contributed by atoms with E-state index in [0.29, 0.717) is 12.8 Å². The summed E-state index contributed by atoms with van der Waals surface area (Å²) in [5, 5.41) is 57.5. The Hall–Kier alpha value is -1.34. The van der Waals surface area contributed by atoms with Crippen LogP contribution in [0.2, 0.25) is 0 Å². The van der Waals surface area contributed by atoms with Crippen LogP contribution in [0, 0.1) is 29.6 Å². The summed E-state index contributed by atoms with van der Waals surface area (Å²) in [6.07, 6.45) is -6.46. The topological polar surface area (TPSA) is 166 Å². The number of aliphatic hydroxyl groups is 5. The molecule has 0 aliphatic carbocycles. The van der Waals surface area contributed by atoms with Crippen LogP contribution in [0.1, 0.15) is 88.5 Å². The Bertz CT molecular complexity index is 912. The minimum Gasteiger partial charge on any atom is -0.459 e. The summed E-state index contributed by atoms with van der Waals surface area (Å²) in [5.74, 6) is -4.26. The highest BCUT2D eigenvalue weighted by Crippen LogP contribution is 2.40. The summed E-state index contributed by atoms with van der Waals surface area (Å²) < 4.78 is 18.1. The molecule has 2 heterocycles. The Labute approximate surface area is 251 Å². The molecule has 42 heavy (non-hydrogen) atoms. The van der Waals surface area contributed by atoms with Crippen LogP contribution in [0.25, 0.3) is 0 Å². The number of carbonyl (C=O) groups is 2. The predicted octanol–water partition coefficient (Wildman–Crippen LogP) is 1.84. The molecule has 0 radical (unpaired) electrons. The standard InChI is InChI=1S/C31H57NO10/c1-12-23-31(10,39)20(7)17(4)24(34)15(2)14-30(9,38)27(18(5)25(35)19(6)28(37)41-23)42-29-26(36)22(13-16(3)40-29)32(11)21(8)33/h15-20,22-27,29,34-36,38-39H,12-14H2,1-11H3/t15-,16?,17-,18?,19?,20-,22+,23?,24+,25?,26-,27-,29?,30?,31+/m1/s1. The van der Waals surface area contributed by atoms with Gasteiger partial charge in [0.1, 0.15) is 17.8 Å². The molecule has 11 nitrogen and oxygen atoms in total. The van der Waals surface area contributed by atoms with Gasteiger partial charge < -0.3 is 44.6 Å². The van der Waals surface area contributed by atoms with Crippen molar-refractivity contribution in [2.45, 2.75) is 149 Å². The van der Waals surface area contributed by atoms with E-state index in [1.807, 2.05) is 6.92 Å². The van der Waals surface area contributed by atoms with Crippen LogP contribution in [0.4, 0.5) is 0 Å². The summed E-state index contributed by atoms with van der Waals surface area (Å²) in [7, 11) is 1.59. The fourth-order valence-electron chi connectivity index (χ4n) is 6.91. The lowest BCUT2D eigenvalue weighted by Crippen LogP contribution is -2.60. The number of hydrogen-bond acceptors (Lipinski definition) is 10. The van der Waals surface area contributed by atoms with Crippen LogP contribution in [0.3, 0.4) is 0 Å². The Kier molecular flexibility index (Phi) is 12.4. The predicted molar refractivity (Wildman–Crippen MR) is 156 cm³/mol. The molecule has 1 amide bonds. The van der Waals surface area contributed by atoms with E-state index in [0.717, 1.165) is 0 Å². The van der Waals surface area contributed by atoms with E-state index in [2.05, 4.69) is 0 Å². The Morgan fingerprint density at radius 2 is 1.57 bits per heavy atom. The second kappa shape index (κ2) is 14.2. The van der Waals surface area contributed by atoms with E-state index < -0.39 is 89.6 Å². The molecule has 0 aromatic heterocycles. The maximum Gasteiger partial charge on any atom is 0.311 e. The number of hydrogen-bond donors (Lipinski definition) is 5. The maximum atomic E-state index is 13.3. The molecule has 5 N–H and O–H groups in total.